The van der Waals surface area contributed by atoms with Crippen molar-refractivity contribution in [1.29, 1.82) is 0 Å². The van der Waals surface area contributed by atoms with E-state index >= 15 is 0 Å². The summed E-state index contributed by atoms with van der Waals surface area (Å²) in [6, 6.07) is 11.6. The van der Waals surface area contributed by atoms with Crippen LogP contribution in [0.3, 0.4) is 0 Å². The minimum atomic E-state index is 0. The zero-order valence-corrected chi connectivity index (χ0v) is 19.2. The van der Waals surface area contributed by atoms with Crippen molar-refractivity contribution in [1.82, 2.24) is 15.5 Å². The van der Waals surface area contributed by atoms with Gasteiger partial charge < -0.3 is 15.5 Å². The van der Waals surface area contributed by atoms with Gasteiger partial charge in [-0.3, -0.25) is 9.89 Å². The van der Waals surface area contributed by atoms with E-state index in [1.54, 1.807) is 0 Å². The molecule has 1 heterocycles. The average molecular weight is 473 g/mol. The first kappa shape index (κ1) is 23.0. The topological polar surface area (TPSA) is 42.9 Å². The lowest BCUT2D eigenvalue weighted by atomic mass is 10.1. The summed E-state index contributed by atoms with van der Waals surface area (Å²) in [6.07, 6.45) is 0. The van der Waals surface area contributed by atoms with E-state index < -0.39 is 0 Å². The van der Waals surface area contributed by atoms with Crippen molar-refractivity contribution in [2.45, 2.75) is 39.8 Å². The van der Waals surface area contributed by atoms with Crippen LogP contribution in [0.15, 0.2) is 35.3 Å². The third-order valence-electron chi connectivity index (χ3n) is 5.21. The van der Waals surface area contributed by atoms with Gasteiger partial charge in [0.1, 0.15) is 0 Å². The van der Waals surface area contributed by atoms with Gasteiger partial charge in [-0.25, -0.2) is 0 Å². The molecule has 1 aliphatic rings. The van der Waals surface area contributed by atoms with Gasteiger partial charge in [0.2, 0.25) is 0 Å². The van der Waals surface area contributed by atoms with Gasteiger partial charge >= 0.3 is 0 Å². The van der Waals surface area contributed by atoms with Crippen LogP contribution in [-0.4, -0.2) is 62.7 Å². The predicted molar refractivity (Wildman–Crippen MR) is 124 cm³/mol. The molecule has 148 valence electrons. The first-order valence-electron chi connectivity index (χ1n) is 9.52. The van der Waals surface area contributed by atoms with Crippen LogP contribution in [0, 0.1) is 5.92 Å². The van der Waals surface area contributed by atoms with Gasteiger partial charge in [0.25, 0.3) is 0 Å². The van der Waals surface area contributed by atoms with Crippen LogP contribution in [0.5, 0.6) is 0 Å². The molecule has 1 aromatic rings. The molecule has 2 N–H and O–H groups in total. The molecule has 1 saturated heterocycles. The second-order valence-electron chi connectivity index (χ2n) is 7.34. The third-order valence-corrected chi connectivity index (χ3v) is 5.21. The highest BCUT2D eigenvalue weighted by Crippen LogP contribution is 2.16. The standard InChI is InChI=1S/C20H35N5.HI/c1-16(2)18(4)23-20(21-5)22-15-17(3)24-11-13-25(14-12-24)19-9-7-6-8-10-19;/h6-10,16-18H,11-15H2,1-5H3,(H2,21,22,23);1H. The number of aliphatic imine (C=N–C) groups is 1. The molecule has 1 fully saturated rings. The van der Waals surface area contributed by atoms with Crippen LogP contribution in [0.4, 0.5) is 5.69 Å². The second-order valence-corrected chi connectivity index (χ2v) is 7.34. The Bertz CT molecular complexity index is 526. The fourth-order valence-corrected chi connectivity index (χ4v) is 3.01. The number of benzene rings is 1. The molecule has 0 bridgehead atoms. The second kappa shape index (κ2) is 11.6. The first-order chi connectivity index (χ1) is 12.0. The molecular formula is C20H36IN5. The van der Waals surface area contributed by atoms with Crippen LogP contribution in [-0.2, 0) is 0 Å². The average Bonchev–Trinajstić information content (AvgIpc) is 2.65. The summed E-state index contributed by atoms with van der Waals surface area (Å²) in [4.78, 5) is 9.38. The predicted octanol–water partition coefficient (Wildman–Crippen LogP) is 3.02. The van der Waals surface area contributed by atoms with E-state index in [4.69, 9.17) is 0 Å². The molecule has 2 atom stereocenters. The van der Waals surface area contributed by atoms with Crippen LogP contribution < -0.4 is 15.5 Å². The molecule has 0 aliphatic carbocycles. The summed E-state index contributed by atoms with van der Waals surface area (Å²) in [5.41, 5.74) is 1.33. The fraction of sp³-hybridized carbons (Fsp3) is 0.650. The van der Waals surface area contributed by atoms with Crippen molar-refractivity contribution in [3.05, 3.63) is 30.3 Å². The third kappa shape index (κ3) is 6.95. The normalized spacial score (nSPS) is 18.2. The maximum atomic E-state index is 4.35. The van der Waals surface area contributed by atoms with Gasteiger partial charge in [0.15, 0.2) is 5.96 Å². The van der Waals surface area contributed by atoms with E-state index in [9.17, 15) is 0 Å². The first-order valence-corrected chi connectivity index (χ1v) is 9.52. The minimum Gasteiger partial charge on any atom is -0.369 e. The Morgan fingerprint density at radius 2 is 1.65 bits per heavy atom. The van der Waals surface area contributed by atoms with E-state index in [2.05, 4.69) is 83.5 Å². The van der Waals surface area contributed by atoms with Gasteiger partial charge in [-0.15, -0.1) is 24.0 Å². The van der Waals surface area contributed by atoms with Crippen LogP contribution in [0.25, 0.3) is 0 Å². The van der Waals surface area contributed by atoms with Crippen molar-refractivity contribution in [2.75, 3.05) is 44.7 Å². The Morgan fingerprint density at radius 1 is 1.04 bits per heavy atom. The number of rotatable bonds is 6. The molecular weight excluding hydrogens is 437 g/mol. The molecule has 0 spiro atoms. The van der Waals surface area contributed by atoms with Crippen LogP contribution >= 0.6 is 24.0 Å². The van der Waals surface area contributed by atoms with Crippen LogP contribution in [0.1, 0.15) is 27.7 Å². The van der Waals surface area contributed by atoms with Crippen molar-refractivity contribution < 1.29 is 0 Å². The fourth-order valence-electron chi connectivity index (χ4n) is 3.01. The van der Waals surface area contributed by atoms with Crippen molar-refractivity contribution in [3.8, 4) is 0 Å². The van der Waals surface area contributed by atoms with Crippen molar-refractivity contribution >= 4 is 35.6 Å². The Morgan fingerprint density at radius 3 is 2.19 bits per heavy atom. The SMILES string of the molecule is CN=C(NCC(C)N1CCN(c2ccccc2)CC1)NC(C)C(C)C.I. The van der Waals surface area contributed by atoms with E-state index in [0.29, 0.717) is 18.0 Å². The van der Waals surface area contributed by atoms with Crippen molar-refractivity contribution in [3.63, 3.8) is 0 Å². The molecule has 6 heteroatoms. The number of halogens is 1. The smallest absolute Gasteiger partial charge is 0.191 e. The molecule has 0 saturated carbocycles. The summed E-state index contributed by atoms with van der Waals surface area (Å²) in [6.45, 7) is 14.2. The maximum absolute atomic E-state index is 4.35. The molecule has 2 unspecified atom stereocenters. The number of piperazine rings is 1. The number of nitrogens with one attached hydrogen (secondary N) is 2. The van der Waals surface area contributed by atoms with Gasteiger partial charge in [-0.05, 0) is 31.9 Å². The highest BCUT2D eigenvalue weighted by molar-refractivity contribution is 14.0. The van der Waals surface area contributed by atoms with E-state index in [-0.39, 0.29) is 24.0 Å². The highest BCUT2D eigenvalue weighted by Gasteiger charge is 2.21. The molecule has 1 aliphatic heterocycles. The van der Waals surface area contributed by atoms with Gasteiger partial charge in [0.05, 0.1) is 0 Å². The maximum Gasteiger partial charge on any atom is 0.191 e. The largest absolute Gasteiger partial charge is 0.369 e. The summed E-state index contributed by atoms with van der Waals surface area (Å²) < 4.78 is 0. The molecule has 0 radical (unpaired) electrons. The Labute approximate surface area is 176 Å². The Hall–Kier alpha value is -1.02. The highest BCUT2D eigenvalue weighted by atomic mass is 127. The Kier molecular flexibility index (Phi) is 10.3. The number of guanidine groups is 1. The molecule has 2 rings (SSSR count). The zero-order chi connectivity index (χ0) is 18.2. The summed E-state index contributed by atoms with van der Waals surface area (Å²) in [7, 11) is 1.84. The van der Waals surface area contributed by atoms with E-state index in [1.807, 2.05) is 7.05 Å². The minimum absolute atomic E-state index is 0. The monoisotopic (exact) mass is 473 g/mol. The summed E-state index contributed by atoms with van der Waals surface area (Å²) in [5, 5.41) is 6.94. The van der Waals surface area contributed by atoms with Gasteiger partial charge in [0, 0.05) is 57.5 Å². The van der Waals surface area contributed by atoms with Gasteiger partial charge in [-0.1, -0.05) is 32.0 Å². The lowest BCUT2D eigenvalue weighted by molar-refractivity contribution is 0.197. The molecule has 0 amide bonds. The zero-order valence-electron chi connectivity index (χ0n) is 16.9. The Balaban J connectivity index is 0.00000338. The van der Waals surface area contributed by atoms with Crippen molar-refractivity contribution in [2.24, 2.45) is 10.9 Å². The van der Waals surface area contributed by atoms with Crippen LogP contribution in [0.2, 0.25) is 0 Å². The lowest BCUT2D eigenvalue weighted by Crippen LogP contribution is -2.54. The molecule has 26 heavy (non-hydrogen) atoms. The number of anilines is 1. The number of para-hydroxylation sites is 1. The summed E-state index contributed by atoms with van der Waals surface area (Å²) in [5.74, 6) is 1.48. The lowest BCUT2D eigenvalue weighted by Gasteiger charge is -2.39. The molecule has 0 aromatic heterocycles. The van der Waals surface area contributed by atoms with E-state index in [1.165, 1.54) is 5.69 Å². The quantitative estimate of drug-likeness (QED) is 0.379. The number of hydrogen-bond donors (Lipinski definition) is 2. The number of nitrogens with zero attached hydrogens (tertiary/aromatic N) is 3. The number of hydrogen-bond acceptors (Lipinski definition) is 3. The van der Waals surface area contributed by atoms with E-state index in [0.717, 1.165) is 38.7 Å². The summed E-state index contributed by atoms with van der Waals surface area (Å²) >= 11 is 0. The van der Waals surface area contributed by atoms with Gasteiger partial charge in [-0.2, -0.15) is 0 Å². The molecule has 1 aromatic carbocycles. The molecule has 5 nitrogen and oxygen atoms in total.